The molecule has 0 spiro atoms. The molecular weight excluding hydrogens is 236 g/mol. The maximum atomic E-state index is 11.8. The van der Waals surface area contributed by atoms with Gasteiger partial charge in [0.25, 0.3) is 5.91 Å². The number of carbonyl (C=O) groups is 1. The quantitative estimate of drug-likeness (QED) is 0.870. The molecule has 1 aliphatic rings. The third-order valence-electron chi connectivity index (χ3n) is 2.75. The molecule has 1 heterocycles. The Balaban J connectivity index is 0.00000144. The first kappa shape index (κ1) is 13.8. The van der Waals surface area contributed by atoms with E-state index in [9.17, 15) is 4.79 Å². The molecule has 0 fully saturated rings. The van der Waals surface area contributed by atoms with Gasteiger partial charge in [0.15, 0.2) is 0 Å². The molecule has 94 valence electrons. The summed E-state index contributed by atoms with van der Waals surface area (Å²) in [5.41, 5.74) is 3.18. The lowest BCUT2D eigenvalue weighted by Crippen LogP contribution is -2.27. The summed E-state index contributed by atoms with van der Waals surface area (Å²) in [4.78, 5) is 11.8. The number of rotatable bonds is 3. The van der Waals surface area contributed by atoms with Crippen molar-refractivity contribution in [1.29, 1.82) is 0 Å². The van der Waals surface area contributed by atoms with Gasteiger partial charge in [0.05, 0.1) is 0 Å². The lowest BCUT2D eigenvalue weighted by molar-refractivity contribution is 0.0949. The zero-order valence-electron chi connectivity index (χ0n) is 10.2. The Hall–Kier alpha value is -1.22. The molecule has 0 aromatic heterocycles. The highest BCUT2D eigenvalue weighted by Gasteiger charge is 2.13. The number of amides is 1. The van der Waals surface area contributed by atoms with E-state index in [2.05, 4.69) is 24.5 Å². The van der Waals surface area contributed by atoms with Crippen LogP contribution in [0, 0.1) is 5.92 Å². The molecule has 0 saturated heterocycles. The third-order valence-corrected chi connectivity index (χ3v) is 2.75. The fourth-order valence-corrected chi connectivity index (χ4v) is 1.84. The molecule has 1 aromatic rings. The van der Waals surface area contributed by atoms with Crippen LogP contribution in [0.3, 0.4) is 0 Å². The van der Waals surface area contributed by atoms with E-state index in [-0.39, 0.29) is 18.3 Å². The van der Waals surface area contributed by atoms with E-state index in [0.717, 1.165) is 25.1 Å². The molecular formula is C13H19ClN2O. The fourth-order valence-electron chi connectivity index (χ4n) is 1.84. The van der Waals surface area contributed by atoms with Crippen molar-refractivity contribution in [2.45, 2.75) is 20.3 Å². The maximum Gasteiger partial charge on any atom is 0.251 e. The monoisotopic (exact) mass is 254 g/mol. The van der Waals surface area contributed by atoms with Crippen molar-refractivity contribution in [2.75, 3.05) is 18.4 Å². The topological polar surface area (TPSA) is 41.1 Å². The van der Waals surface area contributed by atoms with Crippen LogP contribution in [0.2, 0.25) is 0 Å². The van der Waals surface area contributed by atoms with Gasteiger partial charge in [-0.25, -0.2) is 0 Å². The molecule has 1 aliphatic heterocycles. The van der Waals surface area contributed by atoms with Gasteiger partial charge in [-0.15, -0.1) is 12.4 Å². The van der Waals surface area contributed by atoms with Crippen molar-refractivity contribution in [1.82, 2.24) is 5.32 Å². The van der Waals surface area contributed by atoms with Crippen molar-refractivity contribution in [3.63, 3.8) is 0 Å². The Bertz CT molecular complexity index is 404. The second kappa shape index (κ2) is 5.92. The summed E-state index contributed by atoms with van der Waals surface area (Å²) in [6.07, 6.45) is 1.01. The highest BCUT2D eigenvalue weighted by molar-refractivity contribution is 5.95. The Kier molecular flexibility index (Phi) is 4.82. The van der Waals surface area contributed by atoms with Crippen LogP contribution in [0.4, 0.5) is 5.69 Å². The molecule has 2 N–H and O–H groups in total. The highest BCUT2D eigenvalue weighted by atomic mass is 35.5. The van der Waals surface area contributed by atoms with Gasteiger partial charge < -0.3 is 10.6 Å². The number of hydrogen-bond donors (Lipinski definition) is 2. The van der Waals surface area contributed by atoms with Crippen LogP contribution in [0.15, 0.2) is 18.2 Å². The van der Waals surface area contributed by atoms with Gasteiger partial charge in [0, 0.05) is 24.3 Å². The average molecular weight is 255 g/mol. The smallest absolute Gasteiger partial charge is 0.251 e. The van der Waals surface area contributed by atoms with Gasteiger partial charge in [-0.3, -0.25) is 4.79 Å². The second-order valence-corrected chi connectivity index (χ2v) is 4.65. The normalized spacial score (nSPS) is 12.6. The lowest BCUT2D eigenvalue weighted by atomic mass is 10.1. The predicted molar refractivity (Wildman–Crippen MR) is 73.1 cm³/mol. The number of nitrogens with one attached hydrogen (secondary N) is 2. The Morgan fingerprint density at radius 2 is 2.24 bits per heavy atom. The van der Waals surface area contributed by atoms with Crippen LogP contribution in [0.5, 0.6) is 0 Å². The molecule has 2 rings (SSSR count). The number of carbonyl (C=O) groups excluding carboxylic acids is 1. The SMILES string of the molecule is CC(C)CNC(=O)c1ccc2c(c1)CCN2.Cl. The molecule has 0 unspecified atom stereocenters. The summed E-state index contributed by atoms with van der Waals surface area (Å²) in [6.45, 7) is 5.89. The Labute approximate surface area is 108 Å². The number of benzene rings is 1. The van der Waals surface area contributed by atoms with Crippen LogP contribution in [-0.2, 0) is 6.42 Å². The van der Waals surface area contributed by atoms with Crippen molar-refractivity contribution in [3.05, 3.63) is 29.3 Å². The summed E-state index contributed by atoms with van der Waals surface area (Å²) in [7, 11) is 0. The number of hydrogen-bond acceptors (Lipinski definition) is 2. The summed E-state index contributed by atoms with van der Waals surface area (Å²) in [6, 6.07) is 5.87. The molecule has 4 heteroatoms. The number of anilines is 1. The van der Waals surface area contributed by atoms with Crippen molar-refractivity contribution in [2.24, 2.45) is 5.92 Å². The molecule has 0 bridgehead atoms. The van der Waals surface area contributed by atoms with E-state index in [0.29, 0.717) is 5.92 Å². The minimum Gasteiger partial charge on any atom is -0.384 e. The summed E-state index contributed by atoms with van der Waals surface area (Å²) in [5.74, 6) is 0.517. The molecule has 0 atom stereocenters. The summed E-state index contributed by atoms with van der Waals surface area (Å²) in [5, 5.41) is 6.21. The van der Waals surface area contributed by atoms with Gasteiger partial charge in [-0.05, 0) is 36.1 Å². The van der Waals surface area contributed by atoms with Crippen LogP contribution in [0.1, 0.15) is 29.8 Å². The number of fused-ring (bicyclic) bond motifs is 1. The largest absolute Gasteiger partial charge is 0.384 e. The third kappa shape index (κ3) is 3.37. The molecule has 0 saturated carbocycles. The standard InChI is InChI=1S/C13H18N2O.ClH/c1-9(2)8-15-13(16)11-3-4-12-10(7-11)5-6-14-12;/h3-4,7,9,14H,5-6,8H2,1-2H3,(H,15,16);1H. The van der Waals surface area contributed by atoms with Crippen LogP contribution < -0.4 is 10.6 Å². The molecule has 0 radical (unpaired) electrons. The van der Waals surface area contributed by atoms with Gasteiger partial charge in [-0.2, -0.15) is 0 Å². The highest BCUT2D eigenvalue weighted by Crippen LogP contribution is 2.22. The predicted octanol–water partition coefficient (Wildman–Crippen LogP) is 2.46. The molecule has 3 nitrogen and oxygen atoms in total. The van der Waals surface area contributed by atoms with Crippen molar-refractivity contribution in [3.8, 4) is 0 Å². The molecule has 0 aliphatic carbocycles. The molecule has 1 aromatic carbocycles. The fraction of sp³-hybridized carbons (Fsp3) is 0.462. The lowest BCUT2D eigenvalue weighted by Gasteiger charge is -2.08. The number of halogens is 1. The van der Waals surface area contributed by atoms with Crippen LogP contribution in [0.25, 0.3) is 0 Å². The first-order valence-corrected chi connectivity index (χ1v) is 5.82. The van der Waals surface area contributed by atoms with E-state index in [1.54, 1.807) is 0 Å². The molecule has 1 amide bonds. The second-order valence-electron chi connectivity index (χ2n) is 4.65. The maximum absolute atomic E-state index is 11.8. The summed E-state index contributed by atoms with van der Waals surface area (Å²) < 4.78 is 0. The van der Waals surface area contributed by atoms with E-state index in [1.807, 2.05) is 18.2 Å². The van der Waals surface area contributed by atoms with E-state index in [4.69, 9.17) is 0 Å². The zero-order valence-corrected chi connectivity index (χ0v) is 11.1. The Morgan fingerprint density at radius 3 is 2.94 bits per heavy atom. The minimum absolute atomic E-state index is 0. The van der Waals surface area contributed by atoms with E-state index < -0.39 is 0 Å². The minimum atomic E-state index is 0. The van der Waals surface area contributed by atoms with E-state index >= 15 is 0 Å². The first-order chi connectivity index (χ1) is 7.66. The zero-order chi connectivity index (χ0) is 11.5. The Morgan fingerprint density at radius 1 is 1.47 bits per heavy atom. The van der Waals surface area contributed by atoms with Crippen molar-refractivity contribution < 1.29 is 4.79 Å². The van der Waals surface area contributed by atoms with Gasteiger partial charge >= 0.3 is 0 Å². The summed E-state index contributed by atoms with van der Waals surface area (Å²) >= 11 is 0. The van der Waals surface area contributed by atoms with Crippen molar-refractivity contribution >= 4 is 24.0 Å². The van der Waals surface area contributed by atoms with Crippen LogP contribution >= 0.6 is 12.4 Å². The van der Waals surface area contributed by atoms with Crippen LogP contribution in [-0.4, -0.2) is 19.0 Å². The van der Waals surface area contributed by atoms with Gasteiger partial charge in [-0.1, -0.05) is 13.8 Å². The van der Waals surface area contributed by atoms with E-state index in [1.165, 1.54) is 11.3 Å². The molecule has 17 heavy (non-hydrogen) atoms. The van der Waals surface area contributed by atoms with Gasteiger partial charge in [0.2, 0.25) is 0 Å². The first-order valence-electron chi connectivity index (χ1n) is 5.82. The average Bonchev–Trinajstić information content (AvgIpc) is 2.72. The van der Waals surface area contributed by atoms with Gasteiger partial charge in [0.1, 0.15) is 0 Å².